The van der Waals surface area contributed by atoms with Gasteiger partial charge in [0.2, 0.25) is 0 Å². The zero-order chi connectivity index (χ0) is 21.3. The van der Waals surface area contributed by atoms with E-state index in [1.807, 2.05) is 18.2 Å². The van der Waals surface area contributed by atoms with Gasteiger partial charge in [0.05, 0.1) is 12.4 Å². The van der Waals surface area contributed by atoms with E-state index in [2.05, 4.69) is 25.9 Å². The summed E-state index contributed by atoms with van der Waals surface area (Å²) >= 11 is 6.32. The summed E-state index contributed by atoms with van der Waals surface area (Å²) in [4.78, 5) is 19.8. The number of nitriles is 1. The Kier molecular flexibility index (Phi) is 9.15. The van der Waals surface area contributed by atoms with Crippen LogP contribution in [0.1, 0.15) is 16.8 Å². The van der Waals surface area contributed by atoms with Crippen molar-refractivity contribution in [1.82, 2.24) is 15.3 Å². The molecular formula is C21H19Cl2FN6O. The van der Waals surface area contributed by atoms with Gasteiger partial charge in [-0.25, -0.2) is 19.2 Å². The van der Waals surface area contributed by atoms with E-state index in [1.54, 1.807) is 18.2 Å². The monoisotopic (exact) mass is 460 g/mol. The largest absolute Gasteiger partial charge is 0.324 e. The number of urea groups is 1. The van der Waals surface area contributed by atoms with Crippen molar-refractivity contribution in [2.24, 2.45) is 0 Å². The summed E-state index contributed by atoms with van der Waals surface area (Å²) in [6.45, 7) is 1.23. The average molecular weight is 461 g/mol. The molecule has 3 rings (SSSR count). The summed E-state index contributed by atoms with van der Waals surface area (Å²) in [5, 5.41) is 17.7. The molecule has 0 aliphatic heterocycles. The fourth-order valence-corrected chi connectivity index (χ4v) is 2.93. The highest BCUT2D eigenvalue weighted by molar-refractivity contribution is 6.31. The summed E-state index contributed by atoms with van der Waals surface area (Å²) in [6.07, 6.45) is 3.25. The van der Waals surface area contributed by atoms with E-state index in [4.69, 9.17) is 16.9 Å². The Morgan fingerprint density at radius 1 is 1.13 bits per heavy atom. The smallest absolute Gasteiger partial charge is 0.312 e. The molecular weight excluding hydrogens is 442 g/mol. The highest BCUT2D eigenvalue weighted by Gasteiger charge is 2.07. The highest BCUT2D eigenvalue weighted by atomic mass is 35.5. The van der Waals surface area contributed by atoms with E-state index in [0.717, 1.165) is 11.1 Å². The third-order valence-corrected chi connectivity index (χ3v) is 4.46. The number of aromatic nitrogens is 2. The maximum absolute atomic E-state index is 13.2. The van der Waals surface area contributed by atoms with Crippen molar-refractivity contribution >= 4 is 41.5 Å². The van der Waals surface area contributed by atoms with E-state index in [1.165, 1.54) is 24.5 Å². The molecule has 31 heavy (non-hydrogen) atoms. The molecule has 0 radical (unpaired) electrons. The second-order valence-corrected chi connectivity index (χ2v) is 6.75. The minimum atomic E-state index is -0.505. The Bertz CT molecular complexity index is 1070. The normalized spacial score (nSPS) is 9.97. The molecule has 1 heterocycles. The number of nitrogens with zero attached hydrogens (tertiary/aromatic N) is 3. The number of benzene rings is 2. The van der Waals surface area contributed by atoms with E-state index in [9.17, 15) is 9.18 Å². The van der Waals surface area contributed by atoms with Gasteiger partial charge in [-0.1, -0.05) is 29.8 Å². The van der Waals surface area contributed by atoms with Crippen LogP contribution in [0.15, 0.2) is 54.9 Å². The molecule has 2 aromatic carbocycles. The van der Waals surface area contributed by atoms with Crippen LogP contribution >= 0.6 is 24.0 Å². The lowest BCUT2D eigenvalue weighted by atomic mass is 10.1. The molecule has 3 N–H and O–H groups in total. The van der Waals surface area contributed by atoms with Crippen molar-refractivity contribution in [2.45, 2.75) is 13.0 Å². The minimum absolute atomic E-state index is 0. The molecule has 0 aliphatic carbocycles. The maximum atomic E-state index is 13.2. The molecule has 2 amide bonds. The molecule has 0 spiro atoms. The number of rotatable bonds is 7. The van der Waals surface area contributed by atoms with Gasteiger partial charge in [0.25, 0.3) is 0 Å². The van der Waals surface area contributed by atoms with Gasteiger partial charge in [0, 0.05) is 17.3 Å². The second-order valence-electron chi connectivity index (χ2n) is 6.34. The first-order valence-corrected chi connectivity index (χ1v) is 9.45. The first-order chi connectivity index (χ1) is 14.5. The molecule has 0 aliphatic rings. The number of anilines is 2. The van der Waals surface area contributed by atoms with Gasteiger partial charge >= 0.3 is 6.03 Å². The van der Waals surface area contributed by atoms with Gasteiger partial charge < -0.3 is 10.6 Å². The lowest BCUT2D eigenvalue weighted by Crippen LogP contribution is -2.20. The molecule has 7 nitrogen and oxygen atoms in total. The van der Waals surface area contributed by atoms with Gasteiger partial charge in [0.15, 0.2) is 11.5 Å². The standard InChI is InChI=1S/C21H18ClFN6O.ClH/c22-19-9-17(28-21(30)29-20-13-26-18(10-24)12-27-20)5-4-15(19)6-7-25-11-14-2-1-3-16(23)8-14;/h1-5,8-9,12-13,25H,6-7,11H2,(H2,27,28,29,30);1H. The number of carbonyl (C=O) groups is 1. The molecule has 0 saturated heterocycles. The fourth-order valence-electron chi connectivity index (χ4n) is 2.66. The van der Waals surface area contributed by atoms with Crippen molar-refractivity contribution in [3.63, 3.8) is 0 Å². The van der Waals surface area contributed by atoms with E-state index < -0.39 is 6.03 Å². The molecule has 0 atom stereocenters. The van der Waals surface area contributed by atoms with Crippen LogP contribution in [0.3, 0.4) is 0 Å². The topological polar surface area (TPSA) is 103 Å². The third kappa shape index (κ3) is 7.50. The zero-order valence-electron chi connectivity index (χ0n) is 16.2. The van der Waals surface area contributed by atoms with Crippen LogP contribution in [0.5, 0.6) is 0 Å². The van der Waals surface area contributed by atoms with Crippen molar-refractivity contribution in [3.8, 4) is 6.07 Å². The highest BCUT2D eigenvalue weighted by Crippen LogP contribution is 2.21. The quantitative estimate of drug-likeness (QED) is 0.449. The van der Waals surface area contributed by atoms with E-state index in [-0.39, 0.29) is 29.7 Å². The van der Waals surface area contributed by atoms with E-state index in [0.29, 0.717) is 30.2 Å². The molecule has 10 heteroatoms. The predicted molar refractivity (Wildman–Crippen MR) is 120 cm³/mol. The first kappa shape index (κ1) is 24.0. The van der Waals surface area contributed by atoms with Crippen LogP contribution in [0.4, 0.5) is 20.7 Å². The van der Waals surface area contributed by atoms with Gasteiger partial charge in [-0.3, -0.25) is 5.32 Å². The van der Waals surface area contributed by atoms with Crippen LogP contribution < -0.4 is 16.0 Å². The van der Waals surface area contributed by atoms with Gasteiger partial charge in [-0.05, 0) is 48.4 Å². The van der Waals surface area contributed by atoms with Crippen molar-refractivity contribution in [3.05, 3.63) is 82.5 Å². The van der Waals surface area contributed by atoms with Crippen molar-refractivity contribution in [2.75, 3.05) is 17.2 Å². The molecule has 1 aromatic heterocycles. The summed E-state index contributed by atoms with van der Waals surface area (Å²) in [7, 11) is 0. The Labute approximate surface area is 190 Å². The van der Waals surface area contributed by atoms with Gasteiger partial charge in [-0.15, -0.1) is 12.4 Å². The first-order valence-electron chi connectivity index (χ1n) is 9.07. The summed E-state index contributed by atoms with van der Waals surface area (Å²) < 4.78 is 13.2. The summed E-state index contributed by atoms with van der Waals surface area (Å²) in [6, 6.07) is 13.0. The molecule has 160 valence electrons. The van der Waals surface area contributed by atoms with Crippen molar-refractivity contribution in [1.29, 1.82) is 5.26 Å². The lowest BCUT2D eigenvalue weighted by molar-refractivity contribution is 0.262. The Morgan fingerprint density at radius 2 is 1.97 bits per heavy atom. The molecule has 0 saturated carbocycles. The van der Waals surface area contributed by atoms with Crippen LogP contribution in [0, 0.1) is 17.1 Å². The number of amides is 2. The van der Waals surface area contributed by atoms with Crippen LogP contribution in [0.2, 0.25) is 5.02 Å². The Balaban J connectivity index is 0.00000341. The fraction of sp³-hybridized carbons (Fsp3) is 0.143. The molecule has 0 bridgehead atoms. The van der Waals surface area contributed by atoms with Crippen LogP contribution in [-0.2, 0) is 13.0 Å². The number of nitrogens with one attached hydrogen (secondary N) is 3. The molecule has 3 aromatic rings. The zero-order valence-corrected chi connectivity index (χ0v) is 17.8. The van der Waals surface area contributed by atoms with Crippen molar-refractivity contribution < 1.29 is 9.18 Å². The Hall–Kier alpha value is -3.25. The lowest BCUT2D eigenvalue weighted by Gasteiger charge is -2.10. The summed E-state index contributed by atoms with van der Waals surface area (Å²) in [5.74, 6) is -0.0331. The van der Waals surface area contributed by atoms with Crippen LogP contribution in [0.25, 0.3) is 0 Å². The number of hydrogen-bond acceptors (Lipinski definition) is 5. The molecule has 0 unspecified atom stereocenters. The number of halogens is 3. The number of hydrogen-bond donors (Lipinski definition) is 3. The Morgan fingerprint density at radius 3 is 2.65 bits per heavy atom. The minimum Gasteiger partial charge on any atom is -0.312 e. The SMILES string of the molecule is Cl.N#Cc1cnc(NC(=O)Nc2ccc(CCNCc3cccc(F)c3)c(Cl)c2)cn1. The second kappa shape index (κ2) is 11.8. The summed E-state index contributed by atoms with van der Waals surface area (Å²) in [5.41, 5.74) is 2.48. The van der Waals surface area contributed by atoms with Gasteiger partial charge in [0.1, 0.15) is 11.9 Å². The predicted octanol–water partition coefficient (Wildman–Crippen LogP) is 4.54. The maximum Gasteiger partial charge on any atom is 0.324 e. The molecule has 0 fully saturated rings. The van der Waals surface area contributed by atoms with Gasteiger partial charge in [-0.2, -0.15) is 5.26 Å². The van der Waals surface area contributed by atoms with Crippen LogP contribution in [-0.4, -0.2) is 22.5 Å². The average Bonchev–Trinajstić information content (AvgIpc) is 2.73. The third-order valence-electron chi connectivity index (χ3n) is 4.11. The number of carbonyl (C=O) groups excluding carboxylic acids is 1. The van der Waals surface area contributed by atoms with E-state index >= 15 is 0 Å².